The topological polar surface area (TPSA) is 12.5 Å². The van der Waals surface area contributed by atoms with E-state index in [1.165, 1.54) is 49.0 Å². The van der Waals surface area contributed by atoms with Gasteiger partial charge in [-0.3, -0.25) is 0 Å². The Hall–Kier alpha value is -1.12. The number of hydrogen-bond acceptors (Lipinski definition) is 2. The lowest BCUT2D eigenvalue weighted by Crippen LogP contribution is -2.46. The zero-order valence-electron chi connectivity index (χ0n) is 15.4. The number of methoxy groups -OCH3 is 1. The molecule has 0 aliphatic carbocycles. The Labute approximate surface area is 142 Å². The highest BCUT2D eigenvalue weighted by Crippen LogP contribution is 2.33. The van der Waals surface area contributed by atoms with Crippen LogP contribution < -0.4 is 0 Å². The van der Waals surface area contributed by atoms with Gasteiger partial charge in [0.1, 0.15) is 0 Å². The number of rotatable bonds is 7. The van der Waals surface area contributed by atoms with Gasteiger partial charge in [0, 0.05) is 19.7 Å². The largest absolute Gasteiger partial charge is 0.380 e. The van der Waals surface area contributed by atoms with Crippen molar-refractivity contribution < 1.29 is 4.74 Å². The fourth-order valence-corrected chi connectivity index (χ4v) is 3.82. The lowest BCUT2D eigenvalue weighted by Gasteiger charge is -2.43. The maximum Gasteiger partial charge on any atom is 0.0718 e. The molecule has 0 N–H and O–H groups in total. The van der Waals surface area contributed by atoms with Crippen LogP contribution in [0.4, 0.5) is 0 Å². The van der Waals surface area contributed by atoms with Crippen LogP contribution in [-0.2, 0) is 17.8 Å². The van der Waals surface area contributed by atoms with Crippen LogP contribution in [0.15, 0.2) is 24.8 Å². The van der Waals surface area contributed by atoms with Crippen LogP contribution >= 0.6 is 0 Å². The first-order chi connectivity index (χ1) is 11.0. The Morgan fingerprint density at radius 2 is 2.17 bits per heavy atom. The highest BCUT2D eigenvalue weighted by molar-refractivity contribution is 5.52. The van der Waals surface area contributed by atoms with Crippen LogP contribution in [0.1, 0.15) is 56.7 Å². The van der Waals surface area contributed by atoms with E-state index in [9.17, 15) is 0 Å². The molecule has 1 fully saturated rings. The molecule has 1 aromatic carbocycles. The molecule has 1 aliphatic heterocycles. The minimum Gasteiger partial charge on any atom is -0.380 e. The standard InChI is InChI=1S/C21H33NO/c1-6-18-10-8-17(14-19(18)15-23-5)9-11-20-12-13-21(3,4)16-22(20)7-2/h6,8,10,14,20H,1,7,9,11-13,15-16H2,2-5H3. The number of piperidine rings is 1. The molecule has 1 heterocycles. The second-order valence-electron chi connectivity index (χ2n) is 7.63. The molecular formula is C21H33NO. The maximum absolute atomic E-state index is 5.32. The Morgan fingerprint density at radius 1 is 1.39 bits per heavy atom. The average Bonchev–Trinajstić information content (AvgIpc) is 2.53. The first-order valence-electron chi connectivity index (χ1n) is 8.96. The molecule has 2 heteroatoms. The Kier molecular flexibility index (Phi) is 6.43. The van der Waals surface area contributed by atoms with Gasteiger partial charge in [-0.05, 0) is 54.3 Å². The van der Waals surface area contributed by atoms with Gasteiger partial charge in [0.25, 0.3) is 0 Å². The van der Waals surface area contributed by atoms with Gasteiger partial charge in [-0.15, -0.1) is 0 Å². The molecular weight excluding hydrogens is 282 g/mol. The Bertz CT molecular complexity index is 521. The molecule has 0 spiro atoms. The SMILES string of the molecule is C=Cc1ccc(CCC2CCC(C)(C)CN2CC)cc1COC. The van der Waals surface area contributed by atoms with E-state index >= 15 is 0 Å². The van der Waals surface area contributed by atoms with Gasteiger partial charge >= 0.3 is 0 Å². The summed E-state index contributed by atoms with van der Waals surface area (Å²) in [5, 5.41) is 0. The second kappa shape index (κ2) is 8.12. The summed E-state index contributed by atoms with van der Waals surface area (Å²) in [7, 11) is 1.75. The molecule has 0 amide bonds. The molecule has 0 saturated carbocycles. The minimum absolute atomic E-state index is 0.476. The van der Waals surface area contributed by atoms with Crippen LogP contribution in [0, 0.1) is 5.41 Å². The number of hydrogen-bond donors (Lipinski definition) is 0. The predicted octanol–water partition coefficient (Wildman–Crippen LogP) is 4.92. The summed E-state index contributed by atoms with van der Waals surface area (Å²) in [4.78, 5) is 2.68. The van der Waals surface area contributed by atoms with Crippen LogP contribution in [0.25, 0.3) is 6.08 Å². The van der Waals surface area contributed by atoms with Crippen molar-refractivity contribution in [1.82, 2.24) is 4.90 Å². The summed E-state index contributed by atoms with van der Waals surface area (Å²) in [5.74, 6) is 0. The fraction of sp³-hybridized carbons (Fsp3) is 0.619. The fourth-order valence-electron chi connectivity index (χ4n) is 3.82. The maximum atomic E-state index is 5.32. The Balaban J connectivity index is 2.00. The van der Waals surface area contributed by atoms with Gasteiger partial charge in [0.05, 0.1) is 6.61 Å². The second-order valence-corrected chi connectivity index (χ2v) is 7.63. The van der Waals surface area contributed by atoms with Gasteiger partial charge in [0.15, 0.2) is 0 Å². The molecule has 1 atom stereocenters. The first-order valence-corrected chi connectivity index (χ1v) is 8.96. The van der Waals surface area contributed by atoms with E-state index in [-0.39, 0.29) is 0 Å². The summed E-state index contributed by atoms with van der Waals surface area (Å²) in [6.07, 6.45) is 6.99. The zero-order chi connectivity index (χ0) is 16.9. The van der Waals surface area contributed by atoms with Crippen molar-refractivity contribution in [2.75, 3.05) is 20.2 Å². The van der Waals surface area contributed by atoms with Crippen molar-refractivity contribution in [3.63, 3.8) is 0 Å². The van der Waals surface area contributed by atoms with Crippen molar-refractivity contribution in [3.8, 4) is 0 Å². The van der Waals surface area contributed by atoms with E-state index in [1.807, 2.05) is 6.08 Å². The molecule has 1 unspecified atom stereocenters. The van der Waals surface area contributed by atoms with Gasteiger partial charge < -0.3 is 9.64 Å². The molecule has 128 valence electrons. The van der Waals surface area contributed by atoms with Gasteiger partial charge in [0.2, 0.25) is 0 Å². The van der Waals surface area contributed by atoms with Crippen molar-refractivity contribution in [2.45, 2.75) is 59.1 Å². The van der Waals surface area contributed by atoms with Crippen molar-refractivity contribution in [2.24, 2.45) is 5.41 Å². The van der Waals surface area contributed by atoms with Crippen LogP contribution in [0.2, 0.25) is 0 Å². The average molecular weight is 316 g/mol. The molecule has 0 aromatic heterocycles. The summed E-state index contributed by atoms with van der Waals surface area (Å²) < 4.78 is 5.32. The van der Waals surface area contributed by atoms with Gasteiger partial charge in [-0.25, -0.2) is 0 Å². The summed E-state index contributed by atoms with van der Waals surface area (Å²) in [6.45, 7) is 14.1. The molecule has 2 rings (SSSR count). The summed E-state index contributed by atoms with van der Waals surface area (Å²) >= 11 is 0. The normalized spacial score (nSPS) is 21.3. The van der Waals surface area contributed by atoms with E-state index in [0.29, 0.717) is 12.0 Å². The highest BCUT2D eigenvalue weighted by Gasteiger charge is 2.31. The molecule has 2 nitrogen and oxygen atoms in total. The molecule has 0 radical (unpaired) electrons. The number of ether oxygens (including phenoxy) is 1. The summed E-state index contributed by atoms with van der Waals surface area (Å²) in [6, 6.07) is 7.46. The Morgan fingerprint density at radius 3 is 2.83 bits per heavy atom. The van der Waals surface area contributed by atoms with E-state index in [2.05, 4.69) is 50.4 Å². The smallest absolute Gasteiger partial charge is 0.0718 e. The van der Waals surface area contributed by atoms with Crippen molar-refractivity contribution >= 4 is 6.08 Å². The van der Waals surface area contributed by atoms with Gasteiger partial charge in [-0.1, -0.05) is 51.6 Å². The monoisotopic (exact) mass is 315 g/mol. The van der Waals surface area contributed by atoms with E-state index in [0.717, 1.165) is 12.5 Å². The van der Waals surface area contributed by atoms with Gasteiger partial charge in [-0.2, -0.15) is 0 Å². The predicted molar refractivity (Wildman–Crippen MR) is 99.6 cm³/mol. The lowest BCUT2D eigenvalue weighted by molar-refractivity contribution is 0.0638. The van der Waals surface area contributed by atoms with Crippen molar-refractivity contribution in [1.29, 1.82) is 0 Å². The number of benzene rings is 1. The molecule has 1 aliphatic rings. The minimum atomic E-state index is 0.476. The van der Waals surface area contributed by atoms with Crippen LogP contribution in [-0.4, -0.2) is 31.1 Å². The molecule has 23 heavy (non-hydrogen) atoms. The van der Waals surface area contributed by atoms with E-state index in [1.54, 1.807) is 7.11 Å². The third-order valence-corrected chi connectivity index (χ3v) is 5.20. The first kappa shape index (κ1) is 18.2. The molecule has 1 aromatic rings. The van der Waals surface area contributed by atoms with Crippen LogP contribution in [0.5, 0.6) is 0 Å². The quantitative estimate of drug-likeness (QED) is 0.708. The third kappa shape index (κ3) is 4.92. The molecule has 1 saturated heterocycles. The van der Waals surface area contributed by atoms with Crippen LogP contribution in [0.3, 0.4) is 0 Å². The molecule has 0 bridgehead atoms. The number of nitrogens with zero attached hydrogens (tertiary/aromatic N) is 1. The van der Waals surface area contributed by atoms with E-state index < -0.39 is 0 Å². The zero-order valence-corrected chi connectivity index (χ0v) is 15.4. The highest BCUT2D eigenvalue weighted by atomic mass is 16.5. The van der Waals surface area contributed by atoms with Crippen molar-refractivity contribution in [3.05, 3.63) is 41.5 Å². The lowest BCUT2D eigenvalue weighted by atomic mass is 9.80. The van der Waals surface area contributed by atoms with E-state index in [4.69, 9.17) is 4.74 Å². The number of aryl methyl sites for hydroxylation is 1. The summed E-state index contributed by atoms with van der Waals surface area (Å²) in [5.41, 5.74) is 4.33. The third-order valence-electron chi connectivity index (χ3n) is 5.20. The number of likely N-dealkylation sites (tertiary alicyclic amines) is 1.